The minimum absolute atomic E-state index is 0.0262. The van der Waals surface area contributed by atoms with Gasteiger partial charge in [-0.05, 0) is 37.3 Å². The molecule has 0 atom stereocenters. The molecule has 1 amide bonds. The van der Waals surface area contributed by atoms with E-state index in [1.54, 1.807) is 18.2 Å². The number of ether oxygens (including phenoxy) is 1. The number of hydrogen-bond acceptors (Lipinski definition) is 4. The van der Waals surface area contributed by atoms with Crippen LogP contribution < -0.4 is 10.2 Å². The molecule has 2 N–H and O–H groups in total. The first-order valence-electron chi connectivity index (χ1n) is 6.54. The van der Waals surface area contributed by atoms with Crippen LogP contribution in [-0.4, -0.2) is 23.8 Å². The molecule has 2 aromatic carbocycles. The van der Waals surface area contributed by atoms with E-state index in [0.717, 1.165) is 5.56 Å². The Bertz CT molecular complexity index is 684. The predicted octanol–water partition coefficient (Wildman–Crippen LogP) is 2.88. The maximum absolute atomic E-state index is 11.6. The van der Waals surface area contributed by atoms with Gasteiger partial charge in [-0.3, -0.25) is 4.79 Å². The number of nitrogens with one attached hydrogen (secondary N) is 1. The number of carbonyl (C=O) groups is 1. The van der Waals surface area contributed by atoms with E-state index in [9.17, 15) is 9.90 Å². The van der Waals surface area contributed by atoms with Crippen molar-refractivity contribution in [3.8, 4) is 11.5 Å². The second-order valence-electron chi connectivity index (χ2n) is 4.60. The highest BCUT2D eigenvalue weighted by molar-refractivity contribution is 6.30. The molecule has 0 aliphatic carbocycles. The number of rotatable bonds is 5. The number of carbonyl (C=O) groups excluding carboxylic acids is 1. The fraction of sp³-hybridized carbons (Fsp3) is 0.125. The summed E-state index contributed by atoms with van der Waals surface area (Å²) in [6.07, 6.45) is 1.31. The molecule has 2 rings (SSSR count). The molecule has 0 radical (unpaired) electrons. The molecule has 6 heteroatoms. The third-order valence-electron chi connectivity index (χ3n) is 2.77. The van der Waals surface area contributed by atoms with Gasteiger partial charge in [-0.2, -0.15) is 5.10 Å². The molecule has 0 aliphatic heterocycles. The number of aryl methyl sites for hydroxylation is 1. The van der Waals surface area contributed by atoms with Gasteiger partial charge in [-0.1, -0.05) is 29.3 Å². The summed E-state index contributed by atoms with van der Waals surface area (Å²) in [4.78, 5) is 11.6. The van der Waals surface area contributed by atoms with Crippen LogP contribution in [0.4, 0.5) is 0 Å². The van der Waals surface area contributed by atoms with Crippen molar-refractivity contribution in [2.45, 2.75) is 6.92 Å². The van der Waals surface area contributed by atoms with E-state index >= 15 is 0 Å². The molecule has 22 heavy (non-hydrogen) atoms. The van der Waals surface area contributed by atoms with Crippen molar-refractivity contribution in [2.75, 3.05) is 6.61 Å². The van der Waals surface area contributed by atoms with E-state index in [0.29, 0.717) is 16.3 Å². The molecule has 114 valence electrons. The number of aromatic hydroxyl groups is 1. The Balaban J connectivity index is 1.83. The molecular weight excluding hydrogens is 304 g/mol. The molecule has 0 aliphatic rings. The first-order chi connectivity index (χ1) is 10.5. The van der Waals surface area contributed by atoms with Crippen molar-refractivity contribution in [3.05, 3.63) is 58.6 Å². The van der Waals surface area contributed by atoms with Gasteiger partial charge in [0.1, 0.15) is 11.5 Å². The van der Waals surface area contributed by atoms with Crippen molar-refractivity contribution < 1.29 is 14.6 Å². The van der Waals surface area contributed by atoms with Crippen molar-refractivity contribution in [3.63, 3.8) is 0 Å². The summed E-state index contributed by atoms with van der Waals surface area (Å²) >= 11 is 5.81. The van der Waals surface area contributed by atoms with Gasteiger partial charge in [0, 0.05) is 10.6 Å². The van der Waals surface area contributed by atoms with Gasteiger partial charge in [-0.15, -0.1) is 0 Å². The predicted molar refractivity (Wildman–Crippen MR) is 85.5 cm³/mol. The van der Waals surface area contributed by atoms with Crippen LogP contribution in [0.1, 0.15) is 11.1 Å². The maximum atomic E-state index is 11.6. The number of phenolic OH excluding ortho intramolecular Hbond substituents is 1. The van der Waals surface area contributed by atoms with Gasteiger partial charge < -0.3 is 9.84 Å². The zero-order valence-electron chi connectivity index (χ0n) is 11.9. The number of nitrogens with zero attached hydrogens (tertiary/aromatic N) is 1. The largest absolute Gasteiger partial charge is 0.507 e. The third kappa shape index (κ3) is 4.79. The topological polar surface area (TPSA) is 70.9 Å². The summed E-state index contributed by atoms with van der Waals surface area (Å²) in [7, 11) is 0. The van der Waals surface area contributed by atoms with Crippen LogP contribution >= 0.6 is 11.6 Å². The fourth-order valence-corrected chi connectivity index (χ4v) is 1.80. The Morgan fingerprint density at radius 2 is 2.05 bits per heavy atom. The molecule has 0 aromatic heterocycles. The molecule has 0 unspecified atom stereocenters. The zero-order valence-corrected chi connectivity index (χ0v) is 12.7. The van der Waals surface area contributed by atoms with E-state index in [1.807, 2.05) is 19.1 Å². The quantitative estimate of drug-likeness (QED) is 0.658. The molecule has 0 fully saturated rings. The Labute approximate surface area is 133 Å². The summed E-state index contributed by atoms with van der Waals surface area (Å²) in [5, 5.41) is 13.8. The molecule has 0 spiro atoms. The molecule has 5 nitrogen and oxygen atoms in total. The SMILES string of the molecule is Cc1ccc(OCC(=O)NN=Cc2cc(Cl)ccc2O)cc1. The first kappa shape index (κ1) is 15.9. The zero-order chi connectivity index (χ0) is 15.9. The van der Waals surface area contributed by atoms with Crippen molar-refractivity contribution in [1.82, 2.24) is 5.43 Å². The van der Waals surface area contributed by atoms with Crippen LogP contribution in [0.5, 0.6) is 11.5 Å². The summed E-state index contributed by atoms with van der Waals surface area (Å²) in [5.74, 6) is 0.230. The maximum Gasteiger partial charge on any atom is 0.277 e. The van der Waals surface area contributed by atoms with Crippen LogP contribution in [-0.2, 0) is 4.79 Å². The van der Waals surface area contributed by atoms with Crippen LogP contribution in [0, 0.1) is 6.92 Å². The Morgan fingerprint density at radius 1 is 1.32 bits per heavy atom. The van der Waals surface area contributed by atoms with Gasteiger partial charge in [-0.25, -0.2) is 5.43 Å². The highest BCUT2D eigenvalue weighted by Gasteiger charge is 2.02. The summed E-state index contributed by atoms with van der Waals surface area (Å²) < 4.78 is 5.31. The minimum atomic E-state index is -0.404. The van der Waals surface area contributed by atoms with Gasteiger partial charge in [0.2, 0.25) is 0 Å². The molecule has 0 heterocycles. The summed E-state index contributed by atoms with van der Waals surface area (Å²) in [5.41, 5.74) is 3.83. The van der Waals surface area contributed by atoms with Crippen LogP contribution in [0.3, 0.4) is 0 Å². The van der Waals surface area contributed by atoms with Crippen LogP contribution in [0.15, 0.2) is 47.6 Å². The minimum Gasteiger partial charge on any atom is -0.507 e. The smallest absolute Gasteiger partial charge is 0.277 e. The van der Waals surface area contributed by atoms with E-state index in [-0.39, 0.29) is 12.4 Å². The highest BCUT2D eigenvalue weighted by atomic mass is 35.5. The summed E-state index contributed by atoms with van der Waals surface area (Å²) in [6, 6.07) is 11.9. The molecule has 2 aromatic rings. The second kappa shape index (κ2) is 7.47. The third-order valence-corrected chi connectivity index (χ3v) is 3.01. The van der Waals surface area contributed by atoms with Crippen molar-refractivity contribution >= 4 is 23.7 Å². The lowest BCUT2D eigenvalue weighted by atomic mass is 10.2. The lowest BCUT2D eigenvalue weighted by Gasteiger charge is -2.05. The first-order valence-corrected chi connectivity index (χ1v) is 6.92. The normalized spacial score (nSPS) is 10.6. The van der Waals surface area contributed by atoms with Crippen LogP contribution in [0.25, 0.3) is 0 Å². The standard InChI is InChI=1S/C16H15ClN2O3/c1-11-2-5-14(6-3-11)22-10-16(21)19-18-9-12-8-13(17)4-7-15(12)20/h2-9,20H,10H2,1H3,(H,19,21). The van der Waals surface area contributed by atoms with Crippen molar-refractivity contribution in [2.24, 2.45) is 5.10 Å². The number of benzene rings is 2. The van der Waals surface area contributed by atoms with Crippen molar-refractivity contribution in [1.29, 1.82) is 0 Å². The molecule has 0 bridgehead atoms. The second-order valence-corrected chi connectivity index (χ2v) is 5.03. The molecule has 0 saturated carbocycles. The molecule has 0 saturated heterocycles. The molecular formula is C16H15ClN2O3. The van der Waals surface area contributed by atoms with Gasteiger partial charge >= 0.3 is 0 Å². The number of hydrogen-bond donors (Lipinski definition) is 2. The highest BCUT2D eigenvalue weighted by Crippen LogP contribution is 2.19. The lowest BCUT2D eigenvalue weighted by molar-refractivity contribution is -0.123. The van der Waals surface area contributed by atoms with Gasteiger partial charge in [0.15, 0.2) is 6.61 Å². The summed E-state index contributed by atoms with van der Waals surface area (Å²) in [6.45, 7) is 1.82. The van der Waals surface area contributed by atoms with E-state index in [1.165, 1.54) is 18.3 Å². The average molecular weight is 319 g/mol. The van der Waals surface area contributed by atoms with E-state index in [2.05, 4.69) is 10.5 Å². The van der Waals surface area contributed by atoms with E-state index < -0.39 is 5.91 Å². The van der Waals surface area contributed by atoms with Gasteiger partial charge in [0.25, 0.3) is 5.91 Å². The number of amides is 1. The monoisotopic (exact) mass is 318 g/mol. The average Bonchev–Trinajstić information content (AvgIpc) is 2.50. The fourth-order valence-electron chi connectivity index (χ4n) is 1.62. The Morgan fingerprint density at radius 3 is 2.77 bits per heavy atom. The van der Waals surface area contributed by atoms with E-state index in [4.69, 9.17) is 16.3 Å². The Hall–Kier alpha value is -2.53. The number of phenols is 1. The lowest BCUT2D eigenvalue weighted by Crippen LogP contribution is -2.24. The number of hydrazone groups is 1. The van der Waals surface area contributed by atoms with Gasteiger partial charge in [0.05, 0.1) is 6.21 Å². The Kier molecular flexibility index (Phi) is 5.38. The number of halogens is 1. The van der Waals surface area contributed by atoms with Crippen LogP contribution in [0.2, 0.25) is 5.02 Å².